The average molecular weight is 398 g/mol. The normalized spacial score (nSPS) is 21.1. The van der Waals surface area contributed by atoms with Gasteiger partial charge in [-0.05, 0) is 37.8 Å². The first-order chi connectivity index (χ1) is 13.6. The van der Waals surface area contributed by atoms with Crippen LogP contribution in [0.5, 0.6) is 0 Å². The number of rotatable bonds is 5. The number of aromatic amines is 1. The minimum absolute atomic E-state index is 0.0245. The Hall–Kier alpha value is -2.52. The van der Waals surface area contributed by atoms with Crippen LogP contribution in [0.3, 0.4) is 0 Å². The summed E-state index contributed by atoms with van der Waals surface area (Å²) in [4.78, 5) is 4.84. The molecule has 0 unspecified atom stereocenters. The number of H-pyrrole nitrogens is 1. The zero-order valence-corrected chi connectivity index (χ0v) is 16.2. The third-order valence-corrected chi connectivity index (χ3v) is 7.27. The second-order valence-electron chi connectivity index (χ2n) is 7.51. The van der Waals surface area contributed by atoms with E-state index in [0.29, 0.717) is 19.0 Å². The minimum Gasteiger partial charge on any atom is -0.263 e. The second-order valence-corrected chi connectivity index (χ2v) is 9.45. The maximum absolute atomic E-state index is 13.2. The van der Waals surface area contributed by atoms with Crippen LogP contribution >= 0.6 is 0 Å². The minimum atomic E-state index is -3.60. The number of benzene rings is 1. The summed E-state index contributed by atoms with van der Waals surface area (Å²) in [6.07, 6.45) is 7.01. The number of nitrogens with one attached hydrogen (secondary N) is 1. The van der Waals surface area contributed by atoms with Crippen molar-refractivity contribution >= 4 is 10.0 Å². The lowest BCUT2D eigenvalue weighted by Crippen LogP contribution is -2.39. The third-order valence-electron chi connectivity index (χ3n) is 5.45. The molecule has 1 aromatic carbocycles. The van der Waals surface area contributed by atoms with Crippen molar-refractivity contribution in [3.05, 3.63) is 54.4 Å². The highest BCUT2D eigenvalue weighted by Gasteiger charge is 2.34. The Morgan fingerprint density at radius 1 is 1.07 bits per heavy atom. The molecule has 3 aromatic rings. The molecule has 0 spiro atoms. The lowest BCUT2D eigenvalue weighted by atomic mass is 9.99. The van der Waals surface area contributed by atoms with Crippen LogP contribution < -0.4 is 0 Å². The van der Waals surface area contributed by atoms with Gasteiger partial charge >= 0.3 is 0 Å². The number of sulfonamides is 1. The van der Waals surface area contributed by atoms with Crippen LogP contribution in [0, 0.1) is 0 Å². The van der Waals surface area contributed by atoms with E-state index in [1.165, 1.54) is 6.20 Å². The van der Waals surface area contributed by atoms with Gasteiger partial charge in [0.15, 0.2) is 5.82 Å². The molecule has 1 aliphatic carbocycles. The van der Waals surface area contributed by atoms with Gasteiger partial charge in [0, 0.05) is 24.9 Å². The molecule has 1 N–H and O–H groups in total. The lowest BCUT2D eigenvalue weighted by Gasteiger charge is -2.30. The van der Waals surface area contributed by atoms with Gasteiger partial charge in [-0.25, -0.2) is 18.1 Å². The summed E-state index contributed by atoms with van der Waals surface area (Å²) >= 11 is 0. The SMILES string of the molecule is O=S(=O)(c1cnn(-c2ccccc2)c1)N1CCC[C@H](c2n[nH]c(C3CC3)n2)C1. The molecule has 28 heavy (non-hydrogen) atoms. The predicted molar refractivity (Wildman–Crippen MR) is 103 cm³/mol. The standard InChI is InChI=1S/C19H22N6O2S/c26-28(27,17-11-20-25(13-17)16-6-2-1-3-7-16)24-10-4-5-15(12-24)19-21-18(22-23-19)14-8-9-14/h1-3,6-7,11,13-15H,4-5,8-10,12H2,(H,21,22,23)/t15-/m0/s1. The van der Waals surface area contributed by atoms with E-state index in [2.05, 4.69) is 20.3 Å². The van der Waals surface area contributed by atoms with Gasteiger partial charge in [0.25, 0.3) is 0 Å². The smallest absolute Gasteiger partial charge is 0.246 e. The molecule has 1 atom stereocenters. The molecular weight excluding hydrogens is 376 g/mol. The zero-order valence-electron chi connectivity index (χ0n) is 15.4. The highest BCUT2D eigenvalue weighted by molar-refractivity contribution is 7.89. The van der Waals surface area contributed by atoms with Gasteiger partial charge in [0.05, 0.1) is 18.1 Å². The van der Waals surface area contributed by atoms with E-state index < -0.39 is 10.0 Å². The van der Waals surface area contributed by atoms with E-state index in [1.807, 2.05) is 30.3 Å². The molecule has 146 valence electrons. The summed E-state index contributed by atoms with van der Waals surface area (Å²) in [7, 11) is -3.60. The predicted octanol–water partition coefficient (Wildman–Crippen LogP) is 2.44. The summed E-state index contributed by atoms with van der Waals surface area (Å²) in [5.41, 5.74) is 0.828. The van der Waals surface area contributed by atoms with Crippen molar-refractivity contribution < 1.29 is 8.42 Å². The first-order valence-electron chi connectivity index (χ1n) is 9.64. The molecule has 0 amide bonds. The van der Waals surface area contributed by atoms with E-state index in [0.717, 1.165) is 43.0 Å². The number of hydrogen-bond donors (Lipinski definition) is 1. The van der Waals surface area contributed by atoms with Crippen molar-refractivity contribution in [3.63, 3.8) is 0 Å². The summed E-state index contributed by atoms with van der Waals surface area (Å²) in [6, 6.07) is 9.48. The molecular formula is C19H22N6O2S. The summed E-state index contributed by atoms with van der Waals surface area (Å²) < 4.78 is 29.4. The van der Waals surface area contributed by atoms with Crippen molar-refractivity contribution in [3.8, 4) is 5.69 Å². The fourth-order valence-corrected chi connectivity index (χ4v) is 5.15. The summed E-state index contributed by atoms with van der Waals surface area (Å²) in [6.45, 7) is 0.913. The zero-order chi connectivity index (χ0) is 19.1. The number of hydrogen-bond acceptors (Lipinski definition) is 5. The fraction of sp³-hybridized carbons (Fsp3) is 0.421. The van der Waals surface area contributed by atoms with E-state index in [-0.39, 0.29) is 10.8 Å². The van der Waals surface area contributed by atoms with Gasteiger partial charge in [-0.3, -0.25) is 5.10 Å². The Balaban J connectivity index is 1.36. The first-order valence-corrected chi connectivity index (χ1v) is 11.1. The van der Waals surface area contributed by atoms with Gasteiger partial charge in [0.1, 0.15) is 10.7 Å². The fourth-order valence-electron chi connectivity index (χ4n) is 3.69. The van der Waals surface area contributed by atoms with E-state index in [4.69, 9.17) is 0 Å². The van der Waals surface area contributed by atoms with Gasteiger partial charge in [-0.15, -0.1) is 0 Å². The van der Waals surface area contributed by atoms with Crippen molar-refractivity contribution in [2.45, 2.75) is 42.4 Å². The van der Waals surface area contributed by atoms with E-state index >= 15 is 0 Å². The second kappa shape index (κ2) is 6.82. The van der Waals surface area contributed by atoms with Crippen LogP contribution in [0.1, 0.15) is 49.2 Å². The van der Waals surface area contributed by atoms with Crippen molar-refractivity contribution in [2.24, 2.45) is 0 Å². The Morgan fingerprint density at radius 3 is 2.68 bits per heavy atom. The lowest BCUT2D eigenvalue weighted by molar-refractivity contribution is 0.309. The molecule has 2 aliphatic rings. The van der Waals surface area contributed by atoms with E-state index in [1.54, 1.807) is 15.2 Å². The Morgan fingerprint density at radius 2 is 1.89 bits per heavy atom. The number of nitrogens with zero attached hydrogens (tertiary/aromatic N) is 5. The highest BCUT2D eigenvalue weighted by Crippen LogP contribution is 2.38. The Kier molecular flexibility index (Phi) is 4.28. The quantitative estimate of drug-likeness (QED) is 0.712. The molecule has 1 saturated carbocycles. The maximum atomic E-state index is 13.2. The van der Waals surface area contributed by atoms with Gasteiger partial charge in [0.2, 0.25) is 10.0 Å². The van der Waals surface area contributed by atoms with E-state index in [9.17, 15) is 8.42 Å². The monoisotopic (exact) mass is 398 g/mol. The van der Waals surface area contributed by atoms with Gasteiger partial charge < -0.3 is 0 Å². The molecule has 2 aromatic heterocycles. The maximum Gasteiger partial charge on any atom is 0.246 e. The van der Waals surface area contributed by atoms with Gasteiger partial charge in [-0.2, -0.15) is 14.5 Å². The number of para-hydroxylation sites is 1. The van der Waals surface area contributed by atoms with Crippen LogP contribution in [0.15, 0.2) is 47.6 Å². The summed E-state index contributed by atoms with van der Waals surface area (Å²) in [5, 5.41) is 11.6. The van der Waals surface area contributed by atoms with Crippen molar-refractivity contribution in [1.29, 1.82) is 0 Å². The Labute approximate surface area is 163 Å². The van der Waals surface area contributed by atoms with Crippen LogP contribution in [0.2, 0.25) is 0 Å². The molecule has 0 radical (unpaired) electrons. The first kappa shape index (κ1) is 17.6. The van der Waals surface area contributed by atoms with Crippen LogP contribution in [0.4, 0.5) is 0 Å². The largest absolute Gasteiger partial charge is 0.263 e. The molecule has 1 saturated heterocycles. The van der Waals surface area contributed by atoms with Crippen LogP contribution in [-0.2, 0) is 10.0 Å². The van der Waals surface area contributed by atoms with Crippen molar-refractivity contribution in [1.82, 2.24) is 29.3 Å². The topological polar surface area (TPSA) is 96.8 Å². The molecule has 1 aliphatic heterocycles. The number of piperidine rings is 1. The van der Waals surface area contributed by atoms with Gasteiger partial charge in [-0.1, -0.05) is 18.2 Å². The Bertz CT molecular complexity index is 1070. The molecule has 8 nitrogen and oxygen atoms in total. The molecule has 0 bridgehead atoms. The summed E-state index contributed by atoms with van der Waals surface area (Å²) in [5.74, 6) is 2.21. The molecule has 3 heterocycles. The van der Waals surface area contributed by atoms with Crippen LogP contribution in [0.25, 0.3) is 5.69 Å². The van der Waals surface area contributed by atoms with Crippen LogP contribution in [-0.4, -0.2) is 50.8 Å². The molecule has 5 rings (SSSR count). The number of aromatic nitrogens is 5. The third kappa shape index (κ3) is 3.24. The average Bonchev–Trinajstić information content (AvgIpc) is 3.25. The highest BCUT2D eigenvalue weighted by atomic mass is 32.2. The van der Waals surface area contributed by atoms with Crippen molar-refractivity contribution in [2.75, 3.05) is 13.1 Å². The molecule has 2 fully saturated rings. The molecule has 9 heteroatoms.